The van der Waals surface area contributed by atoms with Crippen LogP contribution in [0.3, 0.4) is 0 Å². The van der Waals surface area contributed by atoms with E-state index >= 15 is 0 Å². The van der Waals surface area contributed by atoms with Crippen molar-refractivity contribution in [2.75, 3.05) is 18.0 Å². The highest BCUT2D eigenvalue weighted by Gasteiger charge is 2.31. The van der Waals surface area contributed by atoms with Gasteiger partial charge in [0.05, 0.1) is 17.5 Å². The SMILES string of the molecule is CC(C)[C@@H](NC(=O)c1cc(=O)[nH]c(N2CC[C@H](F)C2)n1)c1ccc(SC(F)(F)F)c(F)c1. The molecule has 0 spiro atoms. The number of thioether (sulfide) groups is 1. The van der Waals surface area contributed by atoms with Crippen molar-refractivity contribution in [1.82, 2.24) is 15.3 Å². The number of hydrogen-bond acceptors (Lipinski definition) is 5. The molecule has 2 atom stereocenters. The van der Waals surface area contributed by atoms with Crippen LogP contribution in [-0.2, 0) is 0 Å². The van der Waals surface area contributed by atoms with Gasteiger partial charge in [-0.05, 0) is 41.8 Å². The molecule has 2 heterocycles. The molecule has 12 heteroatoms. The minimum atomic E-state index is -4.63. The molecule has 1 fully saturated rings. The number of aromatic amines is 1. The Hall–Kier alpha value is -2.63. The molecular weight excluding hydrogens is 455 g/mol. The molecule has 6 nitrogen and oxygen atoms in total. The maximum atomic E-state index is 14.2. The van der Waals surface area contributed by atoms with Crippen molar-refractivity contribution in [3.8, 4) is 0 Å². The van der Waals surface area contributed by atoms with Gasteiger partial charge < -0.3 is 10.2 Å². The minimum Gasteiger partial charge on any atom is -0.344 e. The highest BCUT2D eigenvalue weighted by atomic mass is 32.2. The van der Waals surface area contributed by atoms with Gasteiger partial charge in [-0.15, -0.1) is 0 Å². The summed E-state index contributed by atoms with van der Waals surface area (Å²) in [4.78, 5) is 32.3. The number of alkyl halides is 4. The van der Waals surface area contributed by atoms with Crippen molar-refractivity contribution in [1.29, 1.82) is 0 Å². The standard InChI is InChI=1S/C20H21F5N4O2S/c1-10(2)17(11-3-4-15(13(22)7-11)32-20(23,24)25)28-18(31)14-8-16(30)27-19(26-14)29-6-5-12(21)9-29/h3-4,7-8,10,12,17H,5-6,9H2,1-2H3,(H,28,31)(H,26,27,30)/t12-,17+/m0/s1. The van der Waals surface area contributed by atoms with E-state index in [4.69, 9.17) is 0 Å². The van der Waals surface area contributed by atoms with Gasteiger partial charge >= 0.3 is 5.51 Å². The van der Waals surface area contributed by atoms with E-state index in [0.717, 1.165) is 18.2 Å². The van der Waals surface area contributed by atoms with E-state index in [9.17, 15) is 31.5 Å². The molecule has 0 bridgehead atoms. The monoisotopic (exact) mass is 476 g/mol. The number of halogens is 5. The van der Waals surface area contributed by atoms with E-state index in [2.05, 4.69) is 15.3 Å². The summed E-state index contributed by atoms with van der Waals surface area (Å²) >= 11 is -0.560. The number of benzene rings is 1. The number of carbonyl (C=O) groups excluding carboxylic acids is 1. The molecule has 0 saturated carbocycles. The summed E-state index contributed by atoms with van der Waals surface area (Å²) in [6.45, 7) is 3.86. The molecule has 0 radical (unpaired) electrons. The highest BCUT2D eigenvalue weighted by molar-refractivity contribution is 8.00. The predicted octanol–water partition coefficient (Wildman–Crippen LogP) is 4.20. The minimum absolute atomic E-state index is 0.0458. The number of anilines is 1. The van der Waals surface area contributed by atoms with E-state index in [1.54, 1.807) is 13.8 Å². The van der Waals surface area contributed by atoms with E-state index < -0.39 is 51.7 Å². The molecule has 3 rings (SSSR count). The van der Waals surface area contributed by atoms with Gasteiger partial charge in [0, 0.05) is 12.6 Å². The number of rotatable bonds is 6. The van der Waals surface area contributed by atoms with Crippen molar-refractivity contribution in [2.24, 2.45) is 5.92 Å². The summed E-state index contributed by atoms with van der Waals surface area (Å²) in [5.41, 5.74) is -5.17. The lowest BCUT2D eigenvalue weighted by molar-refractivity contribution is -0.0329. The molecule has 1 aliphatic rings. The molecule has 2 N–H and O–H groups in total. The first kappa shape index (κ1) is 24.0. The van der Waals surface area contributed by atoms with Gasteiger partial charge in [0.1, 0.15) is 17.7 Å². The van der Waals surface area contributed by atoms with E-state index in [1.165, 1.54) is 11.0 Å². The lowest BCUT2D eigenvalue weighted by Gasteiger charge is -2.23. The lowest BCUT2D eigenvalue weighted by Crippen LogP contribution is -2.34. The summed E-state index contributed by atoms with van der Waals surface area (Å²) in [5.74, 6) is -1.97. The Bertz CT molecular complexity index is 1040. The smallest absolute Gasteiger partial charge is 0.344 e. The normalized spacial score (nSPS) is 17.6. The quantitative estimate of drug-likeness (QED) is 0.483. The van der Waals surface area contributed by atoms with Crippen LogP contribution in [0.2, 0.25) is 0 Å². The average molecular weight is 476 g/mol. The molecule has 1 aromatic carbocycles. The third-order valence-corrected chi connectivity index (χ3v) is 5.67. The molecule has 1 saturated heterocycles. The van der Waals surface area contributed by atoms with Crippen molar-refractivity contribution in [3.05, 3.63) is 51.7 Å². The van der Waals surface area contributed by atoms with E-state index in [0.29, 0.717) is 6.54 Å². The lowest BCUT2D eigenvalue weighted by atomic mass is 9.95. The zero-order valence-electron chi connectivity index (χ0n) is 17.2. The first-order valence-corrected chi connectivity index (χ1v) is 10.6. The molecule has 1 aliphatic heterocycles. The zero-order chi connectivity index (χ0) is 23.6. The molecular formula is C20H21F5N4O2S. The predicted molar refractivity (Wildman–Crippen MR) is 110 cm³/mol. The van der Waals surface area contributed by atoms with Gasteiger partial charge in [0.15, 0.2) is 0 Å². The fourth-order valence-electron chi connectivity index (χ4n) is 3.39. The molecule has 1 aromatic heterocycles. The van der Waals surface area contributed by atoms with Crippen molar-refractivity contribution < 1.29 is 26.7 Å². The van der Waals surface area contributed by atoms with Crippen molar-refractivity contribution >= 4 is 23.6 Å². The van der Waals surface area contributed by atoms with Crippen LogP contribution < -0.4 is 15.8 Å². The van der Waals surface area contributed by atoms with Crippen LogP contribution in [0.4, 0.5) is 27.9 Å². The van der Waals surface area contributed by atoms with Crippen LogP contribution in [0.25, 0.3) is 0 Å². The Morgan fingerprint density at radius 1 is 1.31 bits per heavy atom. The molecule has 32 heavy (non-hydrogen) atoms. The molecule has 1 amide bonds. The van der Waals surface area contributed by atoms with Gasteiger partial charge in [-0.1, -0.05) is 19.9 Å². The topological polar surface area (TPSA) is 78.1 Å². The third-order valence-electron chi connectivity index (χ3n) is 4.89. The second-order valence-corrected chi connectivity index (χ2v) is 8.83. The average Bonchev–Trinajstić information content (AvgIpc) is 3.12. The zero-order valence-corrected chi connectivity index (χ0v) is 18.0. The largest absolute Gasteiger partial charge is 0.446 e. The molecule has 0 aliphatic carbocycles. The first-order valence-electron chi connectivity index (χ1n) is 9.79. The molecule has 0 unspecified atom stereocenters. The summed E-state index contributed by atoms with van der Waals surface area (Å²) in [6, 6.07) is 3.50. The highest BCUT2D eigenvalue weighted by Crippen LogP contribution is 2.39. The number of nitrogens with zero attached hydrogens (tertiary/aromatic N) is 2. The van der Waals surface area contributed by atoms with Gasteiger partial charge in [-0.2, -0.15) is 13.2 Å². The van der Waals surface area contributed by atoms with Gasteiger partial charge in [-0.25, -0.2) is 13.8 Å². The van der Waals surface area contributed by atoms with Gasteiger partial charge in [0.2, 0.25) is 5.95 Å². The van der Waals surface area contributed by atoms with Crippen LogP contribution in [-0.4, -0.2) is 40.6 Å². The Morgan fingerprint density at radius 2 is 2.03 bits per heavy atom. The molecule has 2 aromatic rings. The second kappa shape index (κ2) is 9.47. The second-order valence-electron chi connectivity index (χ2n) is 7.72. The maximum absolute atomic E-state index is 14.2. The maximum Gasteiger partial charge on any atom is 0.446 e. The van der Waals surface area contributed by atoms with Crippen LogP contribution in [0, 0.1) is 11.7 Å². The van der Waals surface area contributed by atoms with Crippen molar-refractivity contribution in [3.63, 3.8) is 0 Å². The van der Waals surface area contributed by atoms with Gasteiger partial charge in [0.25, 0.3) is 11.5 Å². The Labute approximate surface area is 184 Å². The number of nitrogens with one attached hydrogen (secondary N) is 2. The number of carbonyl (C=O) groups is 1. The summed E-state index contributed by atoms with van der Waals surface area (Å²) < 4.78 is 65.4. The van der Waals surface area contributed by atoms with Crippen molar-refractivity contribution in [2.45, 2.75) is 42.9 Å². The number of H-pyrrole nitrogens is 1. The fraction of sp³-hybridized carbons (Fsp3) is 0.450. The number of amides is 1. The number of hydrogen-bond donors (Lipinski definition) is 2. The number of aromatic nitrogens is 2. The Kier molecular flexibility index (Phi) is 7.11. The summed E-state index contributed by atoms with van der Waals surface area (Å²) in [6.07, 6.45) is -0.777. The van der Waals surface area contributed by atoms with Crippen LogP contribution in [0.1, 0.15) is 42.4 Å². The summed E-state index contributed by atoms with van der Waals surface area (Å²) in [5, 5.41) is 2.66. The Balaban J connectivity index is 1.82. The van der Waals surface area contributed by atoms with E-state index in [-0.39, 0.29) is 36.1 Å². The van der Waals surface area contributed by atoms with Crippen LogP contribution >= 0.6 is 11.8 Å². The molecule has 174 valence electrons. The van der Waals surface area contributed by atoms with Crippen LogP contribution in [0.5, 0.6) is 0 Å². The third kappa shape index (κ3) is 5.99. The van der Waals surface area contributed by atoms with E-state index in [1.807, 2.05) is 0 Å². The summed E-state index contributed by atoms with van der Waals surface area (Å²) in [7, 11) is 0. The fourth-order valence-corrected chi connectivity index (χ4v) is 3.93. The van der Waals surface area contributed by atoms with Crippen LogP contribution in [0.15, 0.2) is 34.0 Å². The first-order chi connectivity index (χ1) is 14.9. The van der Waals surface area contributed by atoms with Gasteiger partial charge in [-0.3, -0.25) is 14.6 Å². The Morgan fingerprint density at radius 3 is 2.59 bits per heavy atom.